The van der Waals surface area contributed by atoms with E-state index in [-0.39, 0.29) is 0 Å². The molecule has 1 heterocycles. The fraction of sp³-hybridized carbons (Fsp3) is 0.800. The van der Waals surface area contributed by atoms with E-state index in [9.17, 15) is 0 Å². The van der Waals surface area contributed by atoms with Crippen molar-refractivity contribution in [1.29, 1.82) is 0 Å². The third kappa shape index (κ3) is 3.11. The summed E-state index contributed by atoms with van der Waals surface area (Å²) < 4.78 is 7.61. The number of nitrogens with zero attached hydrogens (tertiary/aromatic N) is 2. The first kappa shape index (κ1) is 14.4. The Hall–Kier alpha value is -1.03. The summed E-state index contributed by atoms with van der Waals surface area (Å²) in [6, 6.07) is 0.389. The van der Waals surface area contributed by atoms with Crippen molar-refractivity contribution < 1.29 is 4.74 Å². The van der Waals surface area contributed by atoms with E-state index >= 15 is 0 Å². The Labute approximate surface area is 116 Å². The lowest BCUT2D eigenvalue weighted by Gasteiger charge is -2.26. The molecule has 0 aromatic carbocycles. The molecule has 1 fully saturated rings. The van der Waals surface area contributed by atoms with Crippen molar-refractivity contribution in [3.63, 3.8) is 0 Å². The van der Waals surface area contributed by atoms with E-state index in [2.05, 4.69) is 28.9 Å². The van der Waals surface area contributed by atoms with E-state index in [0.717, 1.165) is 31.2 Å². The van der Waals surface area contributed by atoms with Gasteiger partial charge in [-0.2, -0.15) is 5.10 Å². The quantitative estimate of drug-likeness (QED) is 0.823. The van der Waals surface area contributed by atoms with Crippen LogP contribution in [0.5, 0.6) is 5.75 Å². The number of ether oxygens (including phenoxy) is 1. The average Bonchev–Trinajstić information content (AvgIpc) is 3.08. The van der Waals surface area contributed by atoms with Crippen molar-refractivity contribution in [3.05, 3.63) is 11.9 Å². The Morgan fingerprint density at radius 2 is 2.16 bits per heavy atom. The monoisotopic (exact) mass is 265 g/mol. The number of nitrogens with one attached hydrogen (secondary N) is 1. The number of hydrogen-bond donors (Lipinski definition) is 1. The van der Waals surface area contributed by atoms with Crippen molar-refractivity contribution in [2.45, 2.75) is 58.5 Å². The lowest BCUT2D eigenvalue weighted by Crippen LogP contribution is -2.30. The predicted octanol–water partition coefficient (Wildman–Crippen LogP) is 3.14. The lowest BCUT2D eigenvalue weighted by atomic mass is 9.94. The molecule has 4 heteroatoms. The molecular formula is C15H27N3O. The Kier molecular flexibility index (Phi) is 5.25. The van der Waals surface area contributed by atoms with Gasteiger partial charge in [0, 0.05) is 6.54 Å². The second kappa shape index (κ2) is 6.94. The van der Waals surface area contributed by atoms with Gasteiger partial charge in [-0.3, -0.25) is 4.68 Å². The van der Waals surface area contributed by atoms with Crippen molar-refractivity contribution in [2.75, 3.05) is 13.7 Å². The molecule has 1 unspecified atom stereocenters. The van der Waals surface area contributed by atoms with E-state index < -0.39 is 0 Å². The molecule has 0 saturated heterocycles. The van der Waals surface area contributed by atoms with E-state index in [1.807, 2.05) is 6.20 Å². The molecule has 1 aliphatic carbocycles. The highest BCUT2D eigenvalue weighted by Crippen LogP contribution is 2.38. The smallest absolute Gasteiger partial charge is 0.161 e. The van der Waals surface area contributed by atoms with Crippen LogP contribution in [0.3, 0.4) is 0 Å². The van der Waals surface area contributed by atoms with E-state index in [4.69, 9.17) is 4.74 Å². The standard InChI is InChI=1S/C15H27N3O/c1-4-10-16-14(12-8-6-7-9-12)15-13(19-3)11-17-18(15)5-2/h11-12,14,16H,4-10H2,1-3H3. The average molecular weight is 265 g/mol. The maximum atomic E-state index is 5.53. The molecule has 108 valence electrons. The zero-order valence-electron chi connectivity index (χ0n) is 12.5. The molecule has 0 amide bonds. The summed E-state index contributed by atoms with van der Waals surface area (Å²) in [5.74, 6) is 1.66. The lowest BCUT2D eigenvalue weighted by molar-refractivity contribution is 0.327. The van der Waals surface area contributed by atoms with Crippen molar-refractivity contribution >= 4 is 0 Å². The van der Waals surface area contributed by atoms with Gasteiger partial charge in [-0.25, -0.2) is 0 Å². The number of rotatable bonds is 7. The van der Waals surface area contributed by atoms with Crippen LogP contribution in [0.2, 0.25) is 0 Å². The van der Waals surface area contributed by atoms with Crippen LogP contribution in [0.25, 0.3) is 0 Å². The first-order valence-corrected chi connectivity index (χ1v) is 7.64. The first-order chi connectivity index (χ1) is 9.31. The van der Waals surface area contributed by atoms with Crippen LogP contribution in [-0.4, -0.2) is 23.4 Å². The fourth-order valence-corrected chi connectivity index (χ4v) is 3.18. The normalized spacial score (nSPS) is 17.8. The summed E-state index contributed by atoms with van der Waals surface area (Å²) in [4.78, 5) is 0. The van der Waals surface area contributed by atoms with Crippen LogP contribution in [-0.2, 0) is 6.54 Å². The van der Waals surface area contributed by atoms with E-state index in [1.165, 1.54) is 31.4 Å². The maximum absolute atomic E-state index is 5.53. The molecule has 0 spiro atoms. The zero-order chi connectivity index (χ0) is 13.7. The molecule has 1 saturated carbocycles. The second-order valence-electron chi connectivity index (χ2n) is 5.39. The van der Waals surface area contributed by atoms with Gasteiger partial charge in [-0.05, 0) is 38.6 Å². The molecule has 2 rings (SSSR count). The Balaban J connectivity index is 2.27. The molecule has 0 aliphatic heterocycles. The minimum atomic E-state index is 0.389. The summed E-state index contributed by atoms with van der Waals surface area (Å²) in [5.41, 5.74) is 1.24. The SMILES string of the molecule is CCCNC(c1c(OC)cnn1CC)C1CCCC1. The Morgan fingerprint density at radius 1 is 1.42 bits per heavy atom. The minimum absolute atomic E-state index is 0.389. The third-order valence-corrected chi connectivity index (χ3v) is 4.14. The van der Waals surface area contributed by atoms with Crippen LogP contribution in [0.4, 0.5) is 0 Å². The first-order valence-electron chi connectivity index (χ1n) is 7.64. The highest BCUT2D eigenvalue weighted by molar-refractivity contribution is 5.29. The summed E-state index contributed by atoms with van der Waals surface area (Å²) >= 11 is 0. The van der Waals surface area contributed by atoms with Gasteiger partial charge in [0.15, 0.2) is 5.75 Å². The largest absolute Gasteiger partial charge is 0.493 e. The van der Waals surface area contributed by atoms with Gasteiger partial charge in [-0.15, -0.1) is 0 Å². The zero-order valence-corrected chi connectivity index (χ0v) is 12.5. The highest BCUT2D eigenvalue weighted by Gasteiger charge is 2.30. The van der Waals surface area contributed by atoms with Gasteiger partial charge in [0.25, 0.3) is 0 Å². The minimum Gasteiger partial charge on any atom is -0.493 e. The van der Waals surface area contributed by atoms with Crippen LogP contribution in [0, 0.1) is 5.92 Å². The fourth-order valence-electron chi connectivity index (χ4n) is 3.18. The topological polar surface area (TPSA) is 39.1 Å². The molecular weight excluding hydrogens is 238 g/mol. The number of hydrogen-bond acceptors (Lipinski definition) is 3. The maximum Gasteiger partial charge on any atom is 0.161 e. The summed E-state index contributed by atoms with van der Waals surface area (Å²) in [5, 5.41) is 8.18. The second-order valence-corrected chi connectivity index (χ2v) is 5.39. The van der Waals surface area contributed by atoms with Crippen LogP contribution in [0.1, 0.15) is 57.7 Å². The van der Waals surface area contributed by atoms with Gasteiger partial charge in [0.2, 0.25) is 0 Å². The van der Waals surface area contributed by atoms with E-state index in [0.29, 0.717) is 6.04 Å². The molecule has 1 N–H and O–H groups in total. The Morgan fingerprint density at radius 3 is 2.74 bits per heavy atom. The van der Waals surface area contributed by atoms with Crippen molar-refractivity contribution in [1.82, 2.24) is 15.1 Å². The summed E-state index contributed by atoms with van der Waals surface area (Å²) in [6.07, 6.45) is 8.37. The van der Waals surface area contributed by atoms with Crippen LogP contribution >= 0.6 is 0 Å². The number of methoxy groups -OCH3 is 1. The molecule has 19 heavy (non-hydrogen) atoms. The van der Waals surface area contributed by atoms with Crippen molar-refractivity contribution in [2.24, 2.45) is 5.92 Å². The molecule has 1 aromatic rings. The van der Waals surface area contributed by atoms with Gasteiger partial charge in [-0.1, -0.05) is 19.8 Å². The van der Waals surface area contributed by atoms with Crippen LogP contribution < -0.4 is 10.1 Å². The van der Waals surface area contributed by atoms with Crippen molar-refractivity contribution in [3.8, 4) is 5.75 Å². The molecule has 0 radical (unpaired) electrons. The van der Waals surface area contributed by atoms with E-state index in [1.54, 1.807) is 7.11 Å². The number of aryl methyl sites for hydroxylation is 1. The van der Waals surface area contributed by atoms with Gasteiger partial charge in [0.05, 0.1) is 25.0 Å². The highest BCUT2D eigenvalue weighted by atomic mass is 16.5. The van der Waals surface area contributed by atoms with Gasteiger partial charge < -0.3 is 10.1 Å². The summed E-state index contributed by atoms with van der Waals surface area (Å²) in [6.45, 7) is 6.31. The molecule has 1 aromatic heterocycles. The summed E-state index contributed by atoms with van der Waals surface area (Å²) in [7, 11) is 1.74. The molecule has 1 atom stereocenters. The Bertz CT molecular complexity index is 361. The molecule has 1 aliphatic rings. The van der Waals surface area contributed by atoms with Gasteiger partial charge >= 0.3 is 0 Å². The van der Waals surface area contributed by atoms with Crippen LogP contribution in [0.15, 0.2) is 6.20 Å². The van der Waals surface area contributed by atoms with Gasteiger partial charge in [0.1, 0.15) is 0 Å². The molecule has 4 nitrogen and oxygen atoms in total. The molecule has 0 bridgehead atoms. The number of aromatic nitrogens is 2. The third-order valence-electron chi connectivity index (χ3n) is 4.14. The predicted molar refractivity (Wildman–Crippen MR) is 77.4 cm³/mol.